The Hall–Kier alpha value is -5.14. The monoisotopic (exact) mass is 734 g/mol. The summed E-state index contributed by atoms with van der Waals surface area (Å²) in [4.78, 5) is 102. The molecule has 1 aromatic rings. The normalized spacial score (nSPS) is 16.8. The zero-order valence-electron chi connectivity index (χ0n) is 28.8. The lowest BCUT2D eigenvalue weighted by Crippen LogP contribution is -2.59. The molecule has 0 saturated carbocycles. The van der Waals surface area contributed by atoms with Crippen LogP contribution in [0.25, 0.3) is 0 Å². The Morgan fingerprint density at radius 3 is 2.00 bits per heavy atom. The summed E-state index contributed by atoms with van der Waals surface area (Å²) in [7, 11) is 0. The quantitative estimate of drug-likeness (QED) is 0.0497. The highest BCUT2D eigenvalue weighted by atomic mass is 16.4. The average molecular weight is 735 g/mol. The summed E-state index contributed by atoms with van der Waals surface area (Å²) in [6, 6.07) is 0.916. The zero-order chi connectivity index (χ0) is 38.8. The molecule has 0 aromatic heterocycles. The Kier molecular flexibility index (Phi) is 18.2. The molecular formula is C33H50N8O11. The first kappa shape index (κ1) is 43.0. The number of carbonyl (C=O) groups is 8. The standard InChI is InChI=1S/C33H50N8O11/c34-15-5-4-9-22(38-30(48)24(40-28(46)20(35)18-42)17-19-7-2-1-3-8-19)32(50)41-16-6-10-25(41)31(49)37-21(11-13-26(36)43)29(47)39-23(33(51)52)12-14-27(44)45/h1-3,7-8,20-25,42H,4-6,9-18,34-35H2,(H2,36,43)(H,37,49)(H,38,48)(H,39,47)(H,40,46)(H,44,45)(H,51,52)/t20-,21-,22-,23-,24-,25-/m0/s1. The van der Waals surface area contributed by atoms with Gasteiger partial charge in [0.05, 0.1) is 6.61 Å². The van der Waals surface area contributed by atoms with E-state index in [0.29, 0.717) is 31.4 Å². The predicted molar refractivity (Wildman–Crippen MR) is 184 cm³/mol. The van der Waals surface area contributed by atoms with Crippen molar-refractivity contribution in [2.75, 3.05) is 19.7 Å². The van der Waals surface area contributed by atoms with Gasteiger partial charge in [-0.1, -0.05) is 30.3 Å². The minimum atomic E-state index is -1.60. The van der Waals surface area contributed by atoms with Gasteiger partial charge in [-0.2, -0.15) is 0 Å². The summed E-state index contributed by atoms with van der Waals surface area (Å²) in [5.41, 5.74) is 17.3. The molecule has 1 aromatic carbocycles. The van der Waals surface area contributed by atoms with E-state index in [2.05, 4.69) is 21.3 Å². The topological polar surface area (TPSA) is 327 Å². The van der Waals surface area contributed by atoms with Gasteiger partial charge >= 0.3 is 11.9 Å². The number of carboxylic acids is 2. The highest BCUT2D eigenvalue weighted by Gasteiger charge is 2.40. The molecule has 1 aliphatic heterocycles. The van der Waals surface area contributed by atoms with Crippen LogP contribution in [-0.4, -0.2) is 124 Å². The maximum Gasteiger partial charge on any atom is 0.326 e. The fourth-order valence-electron chi connectivity index (χ4n) is 5.57. The van der Waals surface area contributed by atoms with Crippen LogP contribution >= 0.6 is 0 Å². The Labute approximate surface area is 300 Å². The van der Waals surface area contributed by atoms with Crippen LogP contribution in [0.15, 0.2) is 30.3 Å². The molecule has 6 atom stereocenters. The van der Waals surface area contributed by atoms with Crippen molar-refractivity contribution >= 4 is 47.4 Å². The molecule has 0 aliphatic carbocycles. The molecule has 6 amide bonds. The van der Waals surface area contributed by atoms with Crippen LogP contribution in [0.2, 0.25) is 0 Å². The van der Waals surface area contributed by atoms with Gasteiger partial charge in [-0.05, 0) is 57.1 Å². The molecule has 52 heavy (non-hydrogen) atoms. The van der Waals surface area contributed by atoms with Crippen molar-refractivity contribution in [1.29, 1.82) is 0 Å². The van der Waals surface area contributed by atoms with Gasteiger partial charge in [-0.15, -0.1) is 0 Å². The largest absolute Gasteiger partial charge is 0.481 e. The number of hydrogen-bond donors (Lipinski definition) is 10. The number of likely N-dealkylation sites (tertiary alicyclic amines) is 1. The van der Waals surface area contributed by atoms with Crippen molar-refractivity contribution in [2.45, 2.75) is 100 Å². The number of carboxylic acid groups (broad SMARTS) is 2. The number of aliphatic carboxylic acids is 2. The number of benzene rings is 1. The summed E-state index contributed by atoms with van der Waals surface area (Å²) in [5.74, 6) is -7.49. The lowest BCUT2D eigenvalue weighted by Gasteiger charge is -2.31. The number of primary amides is 1. The fourth-order valence-corrected chi connectivity index (χ4v) is 5.57. The Bertz CT molecular complexity index is 1410. The number of nitrogens with two attached hydrogens (primary N) is 3. The smallest absolute Gasteiger partial charge is 0.326 e. The lowest BCUT2D eigenvalue weighted by molar-refractivity contribution is -0.144. The van der Waals surface area contributed by atoms with E-state index in [4.69, 9.17) is 22.3 Å². The Morgan fingerprint density at radius 1 is 0.788 bits per heavy atom. The Morgan fingerprint density at radius 2 is 1.40 bits per heavy atom. The van der Waals surface area contributed by atoms with Crippen molar-refractivity contribution in [1.82, 2.24) is 26.2 Å². The van der Waals surface area contributed by atoms with Crippen molar-refractivity contribution in [2.24, 2.45) is 17.2 Å². The van der Waals surface area contributed by atoms with Crippen LogP contribution in [-0.2, 0) is 44.8 Å². The molecule has 19 heteroatoms. The number of aliphatic hydroxyl groups excluding tert-OH is 1. The molecule has 19 nitrogen and oxygen atoms in total. The van der Waals surface area contributed by atoms with Crippen molar-refractivity contribution in [3.63, 3.8) is 0 Å². The van der Waals surface area contributed by atoms with Crippen molar-refractivity contribution in [3.05, 3.63) is 35.9 Å². The van der Waals surface area contributed by atoms with Gasteiger partial charge in [-0.3, -0.25) is 33.6 Å². The van der Waals surface area contributed by atoms with E-state index >= 15 is 0 Å². The Balaban J connectivity index is 2.29. The molecular weight excluding hydrogens is 684 g/mol. The lowest BCUT2D eigenvalue weighted by atomic mass is 10.0. The second-order valence-corrected chi connectivity index (χ2v) is 12.5. The minimum absolute atomic E-state index is 0.0306. The molecule has 1 saturated heterocycles. The van der Waals surface area contributed by atoms with Crippen LogP contribution in [0.4, 0.5) is 0 Å². The van der Waals surface area contributed by atoms with Crippen LogP contribution < -0.4 is 38.5 Å². The van der Waals surface area contributed by atoms with Gasteiger partial charge in [0, 0.05) is 25.8 Å². The summed E-state index contributed by atoms with van der Waals surface area (Å²) >= 11 is 0. The van der Waals surface area contributed by atoms with Gasteiger partial charge in [0.1, 0.15) is 36.3 Å². The SMILES string of the molecule is NCCCC[C@H](NC(=O)[C@H](Cc1ccccc1)NC(=O)[C@@H](N)CO)C(=O)N1CCC[C@H]1C(=O)N[C@@H](CCC(N)=O)C(=O)N[C@@H](CCC(=O)O)C(=O)O. The number of nitrogens with one attached hydrogen (secondary N) is 4. The van der Waals surface area contributed by atoms with Crippen LogP contribution in [0, 0.1) is 0 Å². The maximum atomic E-state index is 14.0. The molecule has 0 radical (unpaired) electrons. The molecule has 1 fully saturated rings. The summed E-state index contributed by atoms with van der Waals surface area (Å²) in [6.07, 6.45) is -0.0331. The molecule has 1 heterocycles. The number of nitrogens with zero attached hydrogens (tertiary/aromatic N) is 1. The van der Waals surface area contributed by atoms with E-state index < -0.39 is 103 Å². The summed E-state index contributed by atoms with van der Waals surface area (Å²) in [5, 5.41) is 37.7. The van der Waals surface area contributed by atoms with Gasteiger partial charge in [0.25, 0.3) is 0 Å². The van der Waals surface area contributed by atoms with E-state index in [1.54, 1.807) is 30.3 Å². The van der Waals surface area contributed by atoms with Gasteiger partial charge in [0.15, 0.2) is 0 Å². The van der Waals surface area contributed by atoms with Crippen molar-refractivity contribution < 1.29 is 53.7 Å². The molecule has 288 valence electrons. The first-order valence-electron chi connectivity index (χ1n) is 17.0. The number of aliphatic hydroxyl groups is 1. The third kappa shape index (κ3) is 14.2. The minimum Gasteiger partial charge on any atom is -0.481 e. The first-order valence-corrected chi connectivity index (χ1v) is 17.0. The molecule has 13 N–H and O–H groups in total. The van der Waals surface area contributed by atoms with E-state index in [1.807, 2.05) is 0 Å². The number of unbranched alkanes of at least 4 members (excludes halogenated alkanes) is 1. The average Bonchev–Trinajstić information content (AvgIpc) is 3.60. The second kappa shape index (κ2) is 21.9. The predicted octanol–water partition coefficient (Wildman–Crippen LogP) is -3.18. The maximum absolute atomic E-state index is 14.0. The highest BCUT2D eigenvalue weighted by Crippen LogP contribution is 2.21. The number of carbonyl (C=O) groups excluding carboxylic acids is 6. The number of rotatable bonds is 23. The van der Waals surface area contributed by atoms with Crippen LogP contribution in [0.3, 0.4) is 0 Å². The van der Waals surface area contributed by atoms with Crippen LogP contribution in [0.1, 0.15) is 63.4 Å². The van der Waals surface area contributed by atoms with Crippen molar-refractivity contribution in [3.8, 4) is 0 Å². The summed E-state index contributed by atoms with van der Waals surface area (Å²) in [6.45, 7) is -0.243. The summed E-state index contributed by atoms with van der Waals surface area (Å²) < 4.78 is 0. The molecule has 0 spiro atoms. The second-order valence-electron chi connectivity index (χ2n) is 12.5. The third-order valence-electron chi connectivity index (χ3n) is 8.42. The van der Waals surface area contributed by atoms with E-state index in [0.717, 1.165) is 0 Å². The first-order chi connectivity index (χ1) is 24.7. The molecule has 2 rings (SSSR count). The number of amides is 6. The van der Waals surface area contributed by atoms with Crippen LogP contribution in [0.5, 0.6) is 0 Å². The zero-order valence-corrected chi connectivity index (χ0v) is 28.8. The highest BCUT2D eigenvalue weighted by molar-refractivity contribution is 5.97. The number of hydrogen-bond acceptors (Lipinski definition) is 11. The molecule has 0 unspecified atom stereocenters. The van der Waals surface area contributed by atoms with E-state index in [1.165, 1.54) is 4.90 Å². The van der Waals surface area contributed by atoms with E-state index in [-0.39, 0.29) is 38.6 Å². The van der Waals surface area contributed by atoms with Gasteiger partial charge < -0.3 is 58.7 Å². The van der Waals surface area contributed by atoms with Gasteiger partial charge in [0.2, 0.25) is 35.4 Å². The third-order valence-corrected chi connectivity index (χ3v) is 8.42. The molecule has 1 aliphatic rings. The molecule has 0 bridgehead atoms. The van der Waals surface area contributed by atoms with E-state index in [9.17, 15) is 48.6 Å². The fraction of sp³-hybridized carbons (Fsp3) is 0.576. The van der Waals surface area contributed by atoms with Gasteiger partial charge in [-0.25, -0.2) is 4.79 Å².